The molecule has 1 atom stereocenters. The molecule has 2 aromatic carbocycles. The van der Waals surface area contributed by atoms with Gasteiger partial charge in [0.05, 0.1) is 13.0 Å². The zero-order valence-corrected chi connectivity index (χ0v) is 13.2. The molecule has 120 valence electrons. The van der Waals surface area contributed by atoms with Crippen molar-refractivity contribution in [1.29, 1.82) is 0 Å². The molecule has 1 aliphatic heterocycles. The lowest BCUT2D eigenvalue weighted by molar-refractivity contribution is -0.208. The Balaban J connectivity index is 1.62. The van der Waals surface area contributed by atoms with Gasteiger partial charge in [-0.1, -0.05) is 48.5 Å². The Labute approximate surface area is 136 Å². The number of hydroxylamine groups is 2. The molecule has 1 saturated heterocycles. The minimum atomic E-state index is -0.714. The van der Waals surface area contributed by atoms with E-state index >= 15 is 0 Å². The second kappa shape index (κ2) is 6.40. The topological polar surface area (TPSA) is 67.6 Å². The second-order valence-corrected chi connectivity index (χ2v) is 5.97. The Bertz CT molecular complexity index is 690. The maximum Gasteiger partial charge on any atom is 0.250 e. The third-order valence-electron chi connectivity index (χ3n) is 3.96. The molecule has 1 fully saturated rings. The maximum atomic E-state index is 12.2. The van der Waals surface area contributed by atoms with Crippen molar-refractivity contribution in [3.05, 3.63) is 65.7 Å². The number of anilines is 1. The summed E-state index contributed by atoms with van der Waals surface area (Å²) in [6.07, 6.45) is 0.298. The lowest BCUT2D eigenvalue weighted by Crippen LogP contribution is -2.42. The van der Waals surface area contributed by atoms with Crippen LogP contribution in [0.15, 0.2) is 54.6 Å². The van der Waals surface area contributed by atoms with E-state index in [0.29, 0.717) is 19.5 Å². The van der Waals surface area contributed by atoms with E-state index in [1.54, 1.807) is 0 Å². The highest BCUT2D eigenvalue weighted by molar-refractivity contribution is 5.77. The number of rotatable bonds is 5. The Kier molecular flexibility index (Phi) is 4.32. The summed E-state index contributed by atoms with van der Waals surface area (Å²) in [4.78, 5) is 18.1. The van der Waals surface area contributed by atoms with Gasteiger partial charge in [0, 0.05) is 12.2 Å². The number of carbonyl (C=O) groups excluding carboxylic acids is 1. The van der Waals surface area contributed by atoms with Gasteiger partial charge in [0.1, 0.15) is 0 Å². The Morgan fingerprint density at radius 2 is 1.87 bits per heavy atom. The van der Waals surface area contributed by atoms with Crippen molar-refractivity contribution >= 4 is 11.6 Å². The number of hydrogen-bond donors (Lipinski definition) is 2. The van der Waals surface area contributed by atoms with E-state index in [9.17, 15) is 4.79 Å². The SMILES string of the molecule is CC1(NCc2ccccc2N)CC(=O)N(Cc2ccccc2)O1. The smallest absolute Gasteiger partial charge is 0.250 e. The fourth-order valence-corrected chi connectivity index (χ4v) is 2.64. The van der Waals surface area contributed by atoms with Crippen LogP contribution in [0.3, 0.4) is 0 Å². The molecule has 1 aliphatic rings. The van der Waals surface area contributed by atoms with Gasteiger partial charge < -0.3 is 5.73 Å². The van der Waals surface area contributed by atoms with Crippen molar-refractivity contribution in [3.63, 3.8) is 0 Å². The first-order valence-corrected chi connectivity index (χ1v) is 7.68. The zero-order chi connectivity index (χ0) is 16.3. The van der Waals surface area contributed by atoms with Crippen molar-refractivity contribution in [2.45, 2.75) is 32.2 Å². The Morgan fingerprint density at radius 1 is 1.17 bits per heavy atom. The van der Waals surface area contributed by atoms with Gasteiger partial charge in [0.15, 0.2) is 5.72 Å². The van der Waals surface area contributed by atoms with Gasteiger partial charge in [-0.3, -0.25) is 10.1 Å². The molecule has 3 rings (SSSR count). The van der Waals surface area contributed by atoms with Gasteiger partial charge in [-0.2, -0.15) is 0 Å². The molecular weight excluding hydrogens is 290 g/mol. The quantitative estimate of drug-likeness (QED) is 0.832. The van der Waals surface area contributed by atoms with E-state index in [1.807, 2.05) is 61.5 Å². The first-order chi connectivity index (χ1) is 11.1. The van der Waals surface area contributed by atoms with Crippen LogP contribution in [0.1, 0.15) is 24.5 Å². The van der Waals surface area contributed by atoms with Crippen LogP contribution >= 0.6 is 0 Å². The van der Waals surface area contributed by atoms with Crippen LogP contribution in [0, 0.1) is 0 Å². The van der Waals surface area contributed by atoms with Crippen LogP contribution in [-0.2, 0) is 22.7 Å². The third-order valence-corrected chi connectivity index (χ3v) is 3.96. The first kappa shape index (κ1) is 15.5. The number of nitrogens with zero attached hydrogens (tertiary/aromatic N) is 1. The summed E-state index contributed by atoms with van der Waals surface area (Å²) in [6, 6.07) is 17.5. The summed E-state index contributed by atoms with van der Waals surface area (Å²) in [6.45, 7) is 2.88. The van der Waals surface area contributed by atoms with Gasteiger partial charge in [-0.05, 0) is 24.1 Å². The highest BCUT2D eigenvalue weighted by Crippen LogP contribution is 2.26. The fraction of sp³-hybridized carbons (Fsp3) is 0.278. The lowest BCUT2D eigenvalue weighted by atomic mass is 10.1. The average Bonchev–Trinajstić information content (AvgIpc) is 2.82. The molecule has 5 heteroatoms. The van der Waals surface area contributed by atoms with Gasteiger partial charge in [0.2, 0.25) is 0 Å². The molecule has 0 bridgehead atoms. The predicted octanol–water partition coefficient (Wildman–Crippen LogP) is 2.44. The molecule has 5 nitrogen and oxygen atoms in total. The van der Waals surface area contributed by atoms with Crippen molar-refractivity contribution in [2.75, 3.05) is 5.73 Å². The summed E-state index contributed by atoms with van der Waals surface area (Å²) in [5.41, 5.74) is 7.99. The van der Waals surface area contributed by atoms with Gasteiger partial charge >= 0.3 is 0 Å². The zero-order valence-electron chi connectivity index (χ0n) is 13.2. The molecule has 2 aromatic rings. The maximum absolute atomic E-state index is 12.2. The largest absolute Gasteiger partial charge is 0.398 e. The number of benzene rings is 2. The van der Waals surface area contributed by atoms with E-state index in [0.717, 1.165) is 16.8 Å². The van der Waals surface area contributed by atoms with Crippen LogP contribution in [0.4, 0.5) is 5.69 Å². The van der Waals surface area contributed by atoms with Crippen LogP contribution in [0.25, 0.3) is 0 Å². The van der Waals surface area contributed by atoms with Crippen molar-refractivity contribution < 1.29 is 9.63 Å². The van der Waals surface area contributed by atoms with Crippen LogP contribution in [0.5, 0.6) is 0 Å². The second-order valence-electron chi connectivity index (χ2n) is 5.97. The van der Waals surface area contributed by atoms with E-state index in [1.165, 1.54) is 5.06 Å². The molecule has 0 aliphatic carbocycles. The average molecular weight is 311 g/mol. The summed E-state index contributed by atoms with van der Waals surface area (Å²) in [5.74, 6) is -0.0233. The van der Waals surface area contributed by atoms with Crippen LogP contribution < -0.4 is 11.1 Å². The standard InChI is InChI=1S/C18H21N3O2/c1-18(20-12-15-9-5-6-10-16(15)19)11-17(22)21(23-18)13-14-7-3-2-4-8-14/h2-10,20H,11-13,19H2,1H3. The van der Waals surface area contributed by atoms with Crippen LogP contribution in [0.2, 0.25) is 0 Å². The molecular formula is C18H21N3O2. The molecule has 0 radical (unpaired) electrons. The number of hydrogen-bond acceptors (Lipinski definition) is 4. The third kappa shape index (κ3) is 3.70. The van der Waals surface area contributed by atoms with Crippen molar-refractivity contribution in [1.82, 2.24) is 10.4 Å². The van der Waals surface area contributed by atoms with E-state index in [2.05, 4.69) is 5.32 Å². The monoisotopic (exact) mass is 311 g/mol. The number of para-hydroxylation sites is 1. The normalized spacial score (nSPS) is 20.9. The molecule has 1 unspecified atom stereocenters. The van der Waals surface area contributed by atoms with E-state index < -0.39 is 5.72 Å². The lowest BCUT2D eigenvalue weighted by Gasteiger charge is -2.25. The number of nitrogen functional groups attached to an aromatic ring is 1. The molecule has 0 spiro atoms. The minimum absolute atomic E-state index is 0.0233. The molecule has 1 heterocycles. The first-order valence-electron chi connectivity index (χ1n) is 7.68. The summed E-state index contributed by atoms with van der Waals surface area (Å²) in [7, 11) is 0. The van der Waals surface area contributed by atoms with E-state index in [-0.39, 0.29) is 5.91 Å². The molecule has 0 saturated carbocycles. The molecule has 3 N–H and O–H groups in total. The van der Waals surface area contributed by atoms with Gasteiger partial charge in [0.25, 0.3) is 5.91 Å². The number of nitrogens with one attached hydrogen (secondary N) is 1. The van der Waals surface area contributed by atoms with Crippen molar-refractivity contribution in [2.24, 2.45) is 0 Å². The van der Waals surface area contributed by atoms with E-state index in [4.69, 9.17) is 10.6 Å². The van der Waals surface area contributed by atoms with Crippen LogP contribution in [-0.4, -0.2) is 16.7 Å². The summed E-state index contributed by atoms with van der Waals surface area (Å²) in [5, 5.41) is 4.72. The highest BCUT2D eigenvalue weighted by Gasteiger charge is 2.41. The predicted molar refractivity (Wildman–Crippen MR) is 88.8 cm³/mol. The Morgan fingerprint density at radius 3 is 2.61 bits per heavy atom. The highest BCUT2D eigenvalue weighted by atomic mass is 16.7. The number of nitrogens with two attached hydrogens (primary N) is 1. The molecule has 23 heavy (non-hydrogen) atoms. The number of carbonyl (C=O) groups is 1. The summed E-state index contributed by atoms with van der Waals surface area (Å²) >= 11 is 0. The molecule has 1 amide bonds. The summed E-state index contributed by atoms with van der Waals surface area (Å²) < 4.78 is 0. The molecule has 0 aromatic heterocycles. The van der Waals surface area contributed by atoms with Gasteiger partial charge in [-0.15, -0.1) is 0 Å². The fourth-order valence-electron chi connectivity index (χ4n) is 2.64. The Hall–Kier alpha value is -2.37. The van der Waals surface area contributed by atoms with Gasteiger partial charge in [-0.25, -0.2) is 9.90 Å². The van der Waals surface area contributed by atoms with Crippen molar-refractivity contribution in [3.8, 4) is 0 Å². The number of amides is 1. The minimum Gasteiger partial charge on any atom is -0.398 e.